The zero-order chi connectivity index (χ0) is 32.5. The number of halogens is 1. The molecule has 0 bridgehead atoms. The third-order valence-corrected chi connectivity index (χ3v) is 7.48. The van der Waals surface area contributed by atoms with Gasteiger partial charge in [0.1, 0.15) is 25.0 Å². The van der Waals surface area contributed by atoms with Gasteiger partial charge < -0.3 is 34.1 Å². The molecule has 11 heteroatoms. The first-order chi connectivity index (χ1) is 21.7. The molecule has 0 radical (unpaired) electrons. The number of hydrogen-bond acceptors (Lipinski definition) is 7. The van der Waals surface area contributed by atoms with Gasteiger partial charge in [-0.3, -0.25) is 14.4 Å². The monoisotopic (exact) mass is 619 g/mol. The van der Waals surface area contributed by atoms with Crippen molar-refractivity contribution in [2.45, 2.75) is 25.4 Å². The van der Waals surface area contributed by atoms with Crippen molar-refractivity contribution in [2.24, 2.45) is 0 Å². The number of rotatable bonds is 13. The minimum Gasteiger partial charge on any atom is -0.493 e. The summed E-state index contributed by atoms with van der Waals surface area (Å²) in [7, 11) is 4.68. The molecule has 0 aromatic heterocycles. The maximum Gasteiger partial charge on any atom is 0.255 e. The van der Waals surface area contributed by atoms with Crippen LogP contribution in [-0.4, -0.2) is 81.1 Å². The summed E-state index contributed by atoms with van der Waals surface area (Å²) in [4.78, 5) is 43.8. The van der Waals surface area contributed by atoms with E-state index in [1.807, 2.05) is 19.1 Å². The average molecular weight is 620 g/mol. The maximum absolute atomic E-state index is 14.1. The zero-order valence-electron chi connectivity index (χ0n) is 25.9. The molecule has 1 aliphatic rings. The average Bonchev–Trinajstić information content (AvgIpc) is 3.04. The highest BCUT2D eigenvalue weighted by molar-refractivity contribution is 6.01. The summed E-state index contributed by atoms with van der Waals surface area (Å²) in [5.74, 6) is -0.0817. The van der Waals surface area contributed by atoms with E-state index in [0.717, 1.165) is 11.6 Å². The summed E-state index contributed by atoms with van der Waals surface area (Å²) in [6.07, 6.45) is 2.06. The molecule has 10 nitrogen and oxygen atoms in total. The molecule has 238 valence electrons. The SMILES string of the molecule is C=CCOc1ccc(C2C(C(=O)NCCc3ccc(OC)c(OC)c3)N(C(=O)c3cccc(F)c3)CC(=O)N2C)cc1OCC. The van der Waals surface area contributed by atoms with Crippen molar-refractivity contribution in [1.29, 1.82) is 0 Å². The Bertz CT molecular complexity index is 1550. The fourth-order valence-electron chi connectivity index (χ4n) is 5.28. The minimum atomic E-state index is -1.15. The van der Waals surface area contributed by atoms with Crippen LogP contribution in [0.4, 0.5) is 4.39 Å². The lowest BCUT2D eigenvalue weighted by Gasteiger charge is -2.45. The number of nitrogens with one attached hydrogen (secondary N) is 1. The molecule has 3 amide bonds. The molecule has 2 atom stereocenters. The lowest BCUT2D eigenvalue weighted by atomic mass is 9.92. The van der Waals surface area contributed by atoms with E-state index in [2.05, 4.69) is 11.9 Å². The molecule has 1 aliphatic heterocycles. The summed E-state index contributed by atoms with van der Waals surface area (Å²) < 4.78 is 36.4. The molecule has 1 N–H and O–H groups in total. The second-order valence-electron chi connectivity index (χ2n) is 10.3. The molecule has 4 rings (SSSR count). The summed E-state index contributed by atoms with van der Waals surface area (Å²) in [6, 6.07) is 13.7. The van der Waals surface area contributed by atoms with Crippen LogP contribution < -0.4 is 24.3 Å². The van der Waals surface area contributed by atoms with Crippen LogP contribution in [0.2, 0.25) is 0 Å². The van der Waals surface area contributed by atoms with Crippen molar-refractivity contribution < 1.29 is 37.7 Å². The first-order valence-corrected chi connectivity index (χ1v) is 14.5. The van der Waals surface area contributed by atoms with Crippen LogP contribution in [0.15, 0.2) is 73.3 Å². The number of carbonyl (C=O) groups excluding carboxylic acids is 3. The number of likely N-dealkylation sites (N-methyl/N-ethyl adjacent to an activating group) is 1. The Morgan fingerprint density at radius 3 is 2.44 bits per heavy atom. The van der Waals surface area contributed by atoms with E-state index >= 15 is 0 Å². The van der Waals surface area contributed by atoms with Crippen molar-refractivity contribution in [3.05, 3.63) is 95.8 Å². The Morgan fingerprint density at radius 1 is 1.00 bits per heavy atom. The molecule has 2 unspecified atom stereocenters. The number of benzene rings is 3. The lowest BCUT2D eigenvalue weighted by Crippen LogP contribution is -2.63. The lowest BCUT2D eigenvalue weighted by molar-refractivity contribution is -0.145. The first-order valence-electron chi connectivity index (χ1n) is 14.5. The van der Waals surface area contributed by atoms with E-state index in [-0.39, 0.29) is 31.2 Å². The highest BCUT2D eigenvalue weighted by Crippen LogP contribution is 2.37. The Labute approximate surface area is 262 Å². The zero-order valence-corrected chi connectivity index (χ0v) is 25.9. The standard InChI is InChI=1S/C34H38FN3O7/c1-6-17-45-27-14-12-23(20-29(27)44-7-2)31-32(33(40)36-16-15-22-11-13-26(42-4)28(18-22)43-5)38(21-30(39)37(31)3)34(41)24-9-8-10-25(35)19-24/h6,8-14,18-20,31-32H,1,7,15-17,21H2,2-5H3,(H,36,40). The molecular formula is C34H38FN3O7. The molecule has 3 aromatic carbocycles. The van der Waals surface area contributed by atoms with Crippen molar-refractivity contribution in [3.63, 3.8) is 0 Å². The third-order valence-electron chi connectivity index (χ3n) is 7.48. The van der Waals surface area contributed by atoms with Gasteiger partial charge in [-0.05, 0) is 66.9 Å². The number of nitrogens with zero attached hydrogens (tertiary/aromatic N) is 2. The molecule has 0 spiro atoms. The molecule has 1 fully saturated rings. The van der Waals surface area contributed by atoms with Crippen molar-refractivity contribution >= 4 is 17.7 Å². The van der Waals surface area contributed by atoms with Gasteiger partial charge in [0.05, 0.1) is 26.9 Å². The largest absolute Gasteiger partial charge is 0.493 e. The van der Waals surface area contributed by atoms with E-state index in [0.29, 0.717) is 41.6 Å². The van der Waals surface area contributed by atoms with Crippen LogP contribution in [-0.2, 0) is 16.0 Å². The molecule has 1 saturated heterocycles. The topological polar surface area (TPSA) is 107 Å². The Balaban J connectivity index is 1.70. The van der Waals surface area contributed by atoms with Gasteiger partial charge in [-0.25, -0.2) is 4.39 Å². The van der Waals surface area contributed by atoms with Crippen LogP contribution >= 0.6 is 0 Å². The van der Waals surface area contributed by atoms with Gasteiger partial charge >= 0.3 is 0 Å². The van der Waals surface area contributed by atoms with Gasteiger partial charge in [0, 0.05) is 19.2 Å². The van der Waals surface area contributed by atoms with Crippen molar-refractivity contribution in [1.82, 2.24) is 15.1 Å². The van der Waals surface area contributed by atoms with Gasteiger partial charge in [0.15, 0.2) is 23.0 Å². The van der Waals surface area contributed by atoms with E-state index in [1.54, 1.807) is 51.6 Å². The third kappa shape index (κ3) is 7.54. The van der Waals surface area contributed by atoms with Crippen LogP contribution in [0, 0.1) is 5.82 Å². The normalized spacial score (nSPS) is 16.2. The van der Waals surface area contributed by atoms with E-state index in [1.165, 1.54) is 28.0 Å². The molecule has 1 heterocycles. The second kappa shape index (κ2) is 15.1. The molecular weight excluding hydrogens is 581 g/mol. The minimum absolute atomic E-state index is 0.0254. The summed E-state index contributed by atoms with van der Waals surface area (Å²) >= 11 is 0. The summed E-state index contributed by atoms with van der Waals surface area (Å²) in [5, 5.41) is 2.94. The van der Waals surface area contributed by atoms with Gasteiger partial charge in [0.2, 0.25) is 11.8 Å². The predicted octanol–water partition coefficient (Wildman–Crippen LogP) is 4.19. The number of ether oxygens (including phenoxy) is 4. The molecule has 0 aliphatic carbocycles. The van der Waals surface area contributed by atoms with Crippen LogP contribution in [0.1, 0.15) is 34.5 Å². The predicted molar refractivity (Wildman–Crippen MR) is 166 cm³/mol. The van der Waals surface area contributed by atoms with E-state index in [9.17, 15) is 18.8 Å². The van der Waals surface area contributed by atoms with Gasteiger partial charge in [-0.15, -0.1) is 0 Å². The number of amides is 3. The number of hydrogen-bond donors (Lipinski definition) is 1. The number of piperazine rings is 1. The van der Waals surface area contributed by atoms with E-state index < -0.39 is 29.7 Å². The summed E-state index contributed by atoms with van der Waals surface area (Å²) in [6.45, 7) is 5.97. The van der Waals surface area contributed by atoms with Crippen LogP contribution in [0.3, 0.4) is 0 Å². The molecule has 3 aromatic rings. The highest BCUT2D eigenvalue weighted by Gasteiger charge is 2.46. The van der Waals surface area contributed by atoms with Gasteiger partial charge in [0.25, 0.3) is 5.91 Å². The van der Waals surface area contributed by atoms with Gasteiger partial charge in [-0.1, -0.05) is 30.9 Å². The highest BCUT2D eigenvalue weighted by atomic mass is 19.1. The Kier molecular flexibility index (Phi) is 11.0. The summed E-state index contributed by atoms with van der Waals surface area (Å²) in [5.41, 5.74) is 1.47. The fraction of sp³-hybridized carbons (Fsp3) is 0.324. The smallest absolute Gasteiger partial charge is 0.255 e. The van der Waals surface area contributed by atoms with E-state index in [4.69, 9.17) is 18.9 Å². The molecule has 0 saturated carbocycles. The number of carbonyl (C=O) groups is 3. The Hall–Kier alpha value is -5.06. The van der Waals surface area contributed by atoms with Crippen molar-refractivity contribution in [3.8, 4) is 23.0 Å². The van der Waals surface area contributed by atoms with Crippen molar-refractivity contribution in [2.75, 3.05) is 47.6 Å². The first kappa shape index (κ1) is 32.8. The van der Waals surface area contributed by atoms with Crippen LogP contribution in [0.25, 0.3) is 0 Å². The molecule has 45 heavy (non-hydrogen) atoms. The van der Waals surface area contributed by atoms with Crippen LogP contribution in [0.5, 0.6) is 23.0 Å². The quantitative estimate of drug-likeness (QED) is 0.286. The second-order valence-corrected chi connectivity index (χ2v) is 10.3. The number of methoxy groups -OCH3 is 2. The Morgan fingerprint density at radius 2 is 1.76 bits per heavy atom. The van der Waals surface area contributed by atoms with Gasteiger partial charge in [-0.2, -0.15) is 0 Å². The maximum atomic E-state index is 14.1. The fourth-order valence-corrected chi connectivity index (χ4v) is 5.28.